The van der Waals surface area contributed by atoms with Gasteiger partial charge in [-0.25, -0.2) is 9.78 Å². The van der Waals surface area contributed by atoms with E-state index in [1.54, 1.807) is 17.2 Å². The van der Waals surface area contributed by atoms with Crippen LogP contribution in [0, 0.1) is 6.92 Å². The molecule has 176 valence electrons. The Hall–Kier alpha value is -3.95. The second-order valence-electron chi connectivity index (χ2n) is 8.61. The largest absolute Gasteiger partial charge is 0.457 e. The van der Waals surface area contributed by atoms with Gasteiger partial charge >= 0.3 is 6.03 Å². The Bertz CT molecular complexity index is 1450. The molecule has 3 N–H and O–H groups in total. The van der Waals surface area contributed by atoms with Crippen molar-refractivity contribution in [2.75, 3.05) is 23.3 Å². The van der Waals surface area contributed by atoms with Crippen LogP contribution >= 0.6 is 11.3 Å². The number of nitrogens with zero attached hydrogens (tertiary/aromatic N) is 2. The molecule has 0 radical (unpaired) electrons. The quantitative estimate of drug-likeness (QED) is 0.362. The molecule has 1 unspecified atom stereocenters. The van der Waals surface area contributed by atoms with E-state index in [9.17, 15) is 9.59 Å². The normalized spacial score (nSPS) is 16.9. The number of anilines is 3. The number of ether oxygens (including phenoxy) is 1. The van der Waals surface area contributed by atoms with Crippen molar-refractivity contribution in [1.29, 1.82) is 0 Å². The Balaban J connectivity index is 1.42. The van der Waals surface area contributed by atoms with Gasteiger partial charge in [0, 0.05) is 18.8 Å². The highest BCUT2D eigenvalue weighted by Gasteiger charge is 2.35. The fraction of sp³-hybridized carbons (Fsp3) is 0.192. The summed E-state index contributed by atoms with van der Waals surface area (Å²) in [6, 6.07) is 16.6. The van der Waals surface area contributed by atoms with Gasteiger partial charge in [-0.2, -0.15) is 0 Å². The molecule has 2 aliphatic rings. The fourth-order valence-electron chi connectivity index (χ4n) is 4.58. The number of nitrogens with one attached hydrogen (secondary N) is 3. The van der Waals surface area contributed by atoms with E-state index in [0.717, 1.165) is 36.2 Å². The third-order valence-corrected chi connectivity index (χ3v) is 7.31. The lowest BCUT2D eigenvalue weighted by atomic mass is 10.1. The molecule has 3 amide bonds. The zero-order valence-electron chi connectivity index (χ0n) is 19.0. The Labute approximate surface area is 205 Å². The molecule has 2 aromatic carbocycles. The van der Waals surface area contributed by atoms with Crippen molar-refractivity contribution in [3.63, 3.8) is 0 Å². The first kappa shape index (κ1) is 21.6. The lowest BCUT2D eigenvalue weighted by Gasteiger charge is -2.29. The average Bonchev–Trinajstić information content (AvgIpc) is 3.50. The molecule has 6 rings (SSSR count). The molecule has 0 aliphatic carbocycles. The van der Waals surface area contributed by atoms with E-state index in [1.807, 2.05) is 55.5 Å². The molecule has 2 aliphatic heterocycles. The van der Waals surface area contributed by atoms with Crippen molar-refractivity contribution in [3.8, 4) is 11.5 Å². The van der Waals surface area contributed by atoms with E-state index in [4.69, 9.17) is 4.74 Å². The summed E-state index contributed by atoms with van der Waals surface area (Å²) in [5, 5.41) is 10.1. The van der Waals surface area contributed by atoms with E-state index in [-0.39, 0.29) is 18.0 Å². The van der Waals surface area contributed by atoms with Gasteiger partial charge in [-0.1, -0.05) is 18.2 Å². The summed E-state index contributed by atoms with van der Waals surface area (Å²) < 4.78 is 5.97. The van der Waals surface area contributed by atoms with Gasteiger partial charge in [-0.05, 0) is 61.9 Å². The van der Waals surface area contributed by atoms with E-state index < -0.39 is 0 Å². The third kappa shape index (κ3) is 3.88. The van der Waals surface area contributed by atoms with Gasteiger partial charge in [0.15, 0.2) is 0 Å². The first-order valence-corrected chi connectivity index (χ1v) is 12.3. The number of amides is 3. The lowest BCUT2D eigenvalue weighted by molar-refractivity contribution is 0.0945. The number of hydrogen-bond donors (Lipinski definition) is 3. The lowest BCUT2D eigenvalue weighted by Crippen LogP contribution is -2.38. The molecular formula is C26H23N5O3S. The molecule has 35 heavy (non-hydrogen) atoms. The minimum atomic E-state index is -0.320. The number of carbonyl (C=O) groups is 2. The number of aryl methyl sites for hydroxylation is 1. The highest BCUT2D eigenvalue weighted by molar-refractivity contribution is 7.21. The van der Waals surface area contributed by atoms with Gasteiger partial charge in [0.1, 0.15) is 21.2 Å². The summed E-state index contributed by atoms with van der Waals surface area (Å²) in [4.78, 5) is 34.0. The topological polar surface area (TPSA) is 95.6 Å². The zero-order chi connectivity index (χ0) is 23.9. The zero-order valence-corrected chi connectivity index (χ0v) is 19.8. The second kappa shape index (κ2) is 8.68. The van der Waals surface area contributed by atoms with E-state index in [1.165, 1.54) is 11.3 Å². The maximum atomic E-state index is 13.4. The first-order chi connectivity index (χ1) is 17.1. The van der Waals surface area contributed by atoms with Crippen molar-refractivity contribution >= 4 is 50.6 Å². The average molecular weight is 486 g/mol. The first-order valence-electron chi connectivity index (χ1n) is 11.5. The Morgan fingerprint density at radius 3 is 2.80 bits per heavy atom. The molecule has 1 fully saturated rings. The number of aromatic nitrogens is 1. The van der Waals surface area contributed by atoms with Crippen molar-refractivity contribution in [1.82, 2.24) is 15.6 Å². The number of urea groups is 1. The van der Waals surface area contributed by atoms with Gasteiger partial charge in [0.05, 0.1) is 22.4 Å². The minimum absolute atomic E-state index is 0.0642. The molecule has 0 spiro atoms. The van der Waals surface area contributed by atoms with Crippen LogP contribution in [0.1, 0.15) is 21.7 Å². The summed E-state index contributed by atoms with van der Waals surface area (Å²) in [6.07, 6.45) is 2.53. The van der Waals surface area contributed by atoms with E-state index in [0.29, 0.717) is 32.5 Å². The number of para-hydroxylation sites is 1. The summed E-state index contributed by atoms with van der Waals surface area (Å²) >= 11 is 1.30. The van der Waals surface area contributed by atoms with Crippen LogP contribution in [0.2, 0.25) is 0 Å². The number of hydrogen-bond acceptors (Lipinski definition) is 6. The fourth-order valence-corrected chi connectivity index (χ4v) is 5.63. The number of rotatable bonds is 5. The van der Waals surface area contributed by atoms with Crippen LogP contribution in [-0.2, 0) is 0 Å². The minimum Gasteiger partial charge on any atom is -0.457 e. The summed E-state index contributed by atoms with van der Waals surface area (Å²) in [7, 11) is 0. The molecule has 1 atom stereocenters. The van der Waals surface area contributed by atoms with E-state index >= 15 is 0 Å². The maximum absolute atomic E-state index is 13.4. The summed E-state index contributed by atoms with van der Waals surface area (Å²) in [6.45, 7) is 3.54. The van der Waals surface area contributed by atoms with Crippen LogP contribution in [0.3, 0.4) is 0 Å². The summed E-state index contributed by atoms with van der Waals surface area (Å²) in [5.41, 5.74) is 2.74. The van der Waals surface area contributed by atoms with Crippen LogP contribution < -0.4 is 25.6 Å². The number of carbonyl (C=O) groups excluding carboxylic acids is 2. The second-order valence-corrected chi connectivity index (χ2v) is 9.61. The van der Waals surface area contributed by atoms with Crippen molar-refractivity contribution < 1.29 is 14.3 Å². The molecule has 4 aromatic rings. The number of benzene rings is 2. The Morgan fingerprint density at radius 2 is 2.03 bits per heavy atom. The smallest absolute Gasteiger partial charge is 0.331 e. The van der Waals surface area contributed by atoms with Crippen LogP contribution in [0.4, 0.5) is 21.9 Å². The maximum Gasteiger partial charge on any atom is 0.331 e. The van der Waals surface area contributed by atoms with Crippen LogP contribution in [0.5, 0.6) is 11.5 Å². The number of pyridine rings is 1. The van der Waals surface area contributed by atoms with Gasteiger partial charge in [0.25, 0.3) is 5.91 Å². The molecular weight excluding hydrogens is 462 g/mol. The molecule has 9 heteroatoms. The van der Waals surface area contributed by atoms with Crippen molar-refractivity contribution in [2.24, 2.45) is 0 Å². The van der Waals surface area contributed by atoms with Gasteiger partial charge in [-0.3, -0.25) is 9.69 Å². The highest BCUT2D eigenvalue weighted by atomic mass is 32.1. The van der Waals surface area contributed by atoms with E-state index in [2.05, 4.69) is 20.9 Å². The molecule has 2 aromatic heterocycles. The monoisotopic (exact) mass is 485 g/mol. The molecule has 0 saturated carbocycles. The Morgan fingerprint density at radius 1 is 1.17 bits per heavy atom. The van der Waals surface area contributed by atoms with Crippen molar-refractivity contribution in [3.05, 3.63) is 71.2 Å². The van der Waals surface area contributed by atoms with Gasteiger partial charge in [-0.15, -0.1) is 11.3 Å². The van der Waals surface area contributed by atoms with Crippen LogP contribution in [0.15, 0.2) is 60.8 Å². The third-order valence-electron chi connectivity index (χ3n) is 6.22. The molecule has 1 saturated heterocycles. The van der Waals surface area contributed by atoms with Gasteiger partial charge in [0.2, 0.25) is 0 Å². The SMILES string of the molecule is Cc1cc(Oc2ccccc2)ccc1N1C(=O)Nc2ccnc3sc(C(=O)NC4CCNC4)c1c23. The highest BCUT2D eigenvalue weighted by Crippen LogP contribution is 2.47. The van der Waals surface area contributed by atoms with Gasteiger partial charge < -0.3 is 20.7 Å². The molecule has 4 heterocycles. The molecule has 8 nitrogen and oxygen atoms in total. The predicted octanol–water partition coefficient (Wildman–Crippen LogP) is 5.17. The van der Waals surface area contributed by atoms with Crippen molar-refractivity contribution in [2.45, 2.75) is 19.4 Å². The predicted molar refractivity (Wildman–Crippen MR) is 137 cm³/mol. The Kier molecular flexibility index (Phi) is 5.35. The van der Waals surface area contributed by atoms with Crippen LogP contribution in [0.25, 0.3) is 10.2 Å². The number of thiophene rings is 1. The summed E-state index contributed by atoms with van der Waals surface area (Å²) in [5.74, 6) is 1.21. The molecule has 0 bridgehead atoms. The standard InChI is InChI=1S/C26H23N5O3S/c1-15-13-18(34-17-5-3-2-4-6-17)7-8-20(15)31-22-21-19(30-26(31)33)10-12-28-25(21)35-23(22)24(32)29-16-9-11-27-14-16/h2-8,10,12-13,16,27H,9,11,14H2,1H3,(H,29,32)(H,30,33). The van der Waals surface area contributed by atoms with Crippen LogP contribution in [-0.4, -0.2) is 36.1 Å².